The average Bonchev–Trinajstić information content (AvgIpc) is 3.02. The third-order valence-corrected chi connectivity index (χ3v) is 5.96. The van der Waals surface area contributed by atoms with Gasteiger partial charge in [-0.3, -0.25) is 4.79 Å². The van der Waals surface area contributed by atoms with Gasteiger partial charge >= 0.3 is 5.97 Å². The maximum atomic E-state index is 12.4. The quantitative estimate of drug-likeness (QED) is 0.583. The van der Waals surface area contributed by atoms with Crippen molar-refractivity contribution in [1.82, 2.24) is 4.90 Å². The number of hydrogen-bond acceptors (Lipinski definition) is 4. The first-order chi connectivity index (χ1) is 12.5. The van der Waals surface area contributed by atoms with Crippen LogP contribution < -0.4 is 0 Å². The van der Waals surface area contributed by atoms with Crippen LogP contribution in [-0.2, 0) is 9.53 Å². The van der Waals surface area contributed by atoms with Gasteiger partial charge in [-0.15, -0.1) is 11.3 Å². The lowest BCUT2D eigenvalue weighted by atomic mass is 10.1. The summed E-state index contributed by atoms with van der Waals surface area (Å²) in [6.07, 6.45) is 0. The summed E-state index contributed by atoms with van der Waals surface area (Å²) in [7, 11) is 1.69. The van der Waals surface area contributed by atoms with E-state index in [1.165, 1.54) is 11.3 Å². The van der Waals surface area contributed by atoms with Crippen LogP contribution in [0.4, 0.5) is 0 Å². The minimum Gasteiger partial charge on any atom is -0.451 e. The van der Waals surface area contributed by atoms with Gasteiger partial charge in [0.2, 0.25) is 0 Å². The van der Waals surface area contributed by atoms with Crippen LogP contribution in [0.3, 0.4) is 0 Å². The summed E-state index contributed by atoms with van der Waals surface area (Å²) < 4.78 is 6.11. The lowest BCUT2D eigenvalue weighted by molar-refractivity contribution is -0.135. The van der Waals surface area contributed by atoms with E-state index in [0.29, 0.717) is 9.90 Å². The van der Waals surface area contributed by atoms with Gasteiger partial charge in [0.1, 0.15) is 4.88 Å². The molecule has 0 radical (unpaired) electrons. The second-order valence-electron chi connectivity index (χ2n) is 5.91. The maximum Gasteiger partial charge on any atom is 0.350 e. The van der Waals surface area contributed by atoms with Crippen LogP contribution in [-0.4, -0.2) is 30.4 Å². The number of carbonyl (C=O) groups excluding carboxylic acids is 2. The third kappa shape index (κ3) is 3.74. The molecule has 1 amide bonds. The second kappa shape index (κ2) is 7.89. The molecule has 0 aliphatic rings. The molecule has 1 aromatic heterocycles. The fraction of sp³-hybridized carbons (Fsp3) is 0.200. The van der Waals surface area contributed by atoms with Crippen LogP contribution in [0, 0.1) is 0 Å². The number of nitrogens with zero attached hydrogens (tertiary/aromatic N) is 1. The van der Waals surface area contributed by atoms with Gasteiger partial charge in [-0.05, 0) is 18.6 Å². The molecule has 0 bridgehead atoms. The number of hydrogen-bond donors (Lipinski definition) is 0. The molecule has 26 heavy (non-hydrogen) atoms. The van der Waals surface area contributed by atoms with Gasteiger partial charge in [-0.2, -0.15) is 0 Å². The van der Waals surface area contributed by atoms with Crippen LogP contribution in [0.5, 0.6) is 0 Å². The fourth-order valence-corrected chi connectivity index (χ4v) is 4.01. The number of amides is 1. The van der Waals surface area contributed by atoms with Crippen molar-refractivity contribution in [2.45, 2.75) is 13.0 Å². The van der Waals surface area contributed by atoms with E-state index in [1.807, 2.05) is 61.5 Å². The van der Waals surface area contributed by atoms with Crippen LogP contribution in [0.15, 0.2) is 54.6 Å². The lowest BCUT2D eigenvalue weighted by Crippen LogP contribution is -2.33. The molecule has 2 aromatic carbocycles. The first-order valence-corrected chi connectivity index (χ1v) is 9.33. The molecular formula is C20H18ClNO3S. The minimum atomic E-state index is -0.578. The highest BCUT2D eigenvalue weighted by atomic mass is 35.5. The Morgan fingerprint density at radius 2 is 1.77 bits per heavy atom. The van der Waals surface area contributed by atoms with E-state index in [2.05, 4.69) is 0 Å². The molecule has 0 spiro atoms. The Balaban J connectivity index is 1.65. The lowest BCUT2D eigenvalue weighted by Gasteiger charge is -2.25. The summed E-state index contributed by atoms with van der Waals surface area (Å²) >= 11 is 7.54. The van der Waals surface area contributed by atoms with Crippen molar-refractivity contribution in [1.29, 1.82) is 0 Å². The zero-order valence-corrected chi connectivity index (χ0v) is 16.0. The van der Waals surface area contributed by atoms with Crippen molar-refractivity contribution in [3.8, 4) is 0 Å². The minimum absolute atomic E-state index is 0.115. The Labute approximate surface area is 160 Å². The third-order valence-electron chi connectivity index (χ3n) is 4.30. The number of rotatable bonds is 5. The molecule has 0 saturated carbocycles. The molecule has 0 fully saturated rings. The highest BCUT2D eigenvalue weighted by Crippen LogP contribution is 2.35. The highest BCUT2D eigenvalue weighted by Gasteiger charge is 2.22. The summed E-state index contributed by atoms with van der Waals surface area (Å²) in [6.45, 7) is 1.61. The standard InChI is InChI=1S/C20H18ClNO3S/c1-13(14-8-4-3-5-9-14)22(2)17(23)12-25-20(24)19-18(21)15-10-6-7-11-16(15)26-19/h3-11,13H,12H2,1-2H3. The summed E-state index contributed by atoms with van der Waals surface area (Å²) in [4.78, 5) is 26.6. The topological polar surface area (TPSA) is 46.6 Å². The van der Waals surface area contributed by atoms with Crippen molar-refractivity contribution in [2.75, 3.05) is 13.7 Å². The molecular weight excluding hydrogens is 370 g/mol. The van der Waals surface area contributed by atoms with Crippen molar-refractivity contribution in [3.63, 3.8) is 0 Å². The zero-order chi connectivity index (χ0) is 18.7. The SMILES string of the molecule is CC(c1ccccc1)N(C)C(=O)COC(=O)c1sc2ccccc2c1Cl. The van der Waals surface area contributed by atoms with Crippen molar-refractivity contribution in [3.05, 3.63) is 70.1 Å². The number of thiophene rings is 1. The number of fused-ring (bicyclic) bond motifs is 1. The average molecular weight is 388 g/mol. The summed E-state index contributed by atoms with van der Waals surface area (Å²) in [5, 5.41) is 1.18. The van der Waals surface area contributed by atoms with E-state index >= 15 is 0 Å². The summed E-state index contributed by atoms with van der Waals surface area (Å²) in [5.74, 6) is -0.850. The number of carbonyl (C=O) groups is 2. The Bertz CT molecular complexity index is 939. The van der Waals surface area contributed by atoms with Gasteiger partial charge in [-0.25, -0.2) is 4.79 Å². The van der Waals surface area contributed by atoms with Gasteiger partial charge in [0, 0.05) is 17.1 Å². The largest absolute Gasteiger partial charge is 0.451 e. The molecule has 1 unspecified atom stereocenters. The normalized spacial score (nSPS) is 12.0. The molecule has 0 aliphatic carbocycles. The molecule has 3 rings (SSSR count). The van der Waals surface area contributed by atoms with Crippen LogP contribution >= 0.6 is 22.9 Å². The molecule has 0 aliphatic heterocycles. The second-order valence-corrected chi connectivity index (χ2v) is 7.34. The molecule has 0 N–H and O–H groups in total. The fourth-order valence-electron chi connectivity index (χ4n) is 2.61. The van der Waals surface area contributed by atoms with E-state index in [4.69, 9.17) is 16.3 Å². The Morgan fingerprint density at radius 3 is 2.46 bits per heavy atom. The molecule has 1 atom stereocenters. The van der Waals surface area contributed by atoms with E-state index < -0.39 is 5.97 Å². The number of ether oxygens (including phenoxy) is 1. The Hall–Kier alpha value is -2.37. The first-order valence-electron chi connectivity index (χ1n) is 8.13. The van der Waals surface area contributed by atoms with Crippen LogP contribution in [0.2, 0.25) is 5.02 Å². The monoisotopic (exact) mass is 387 g/mol. The van der Waals surface area contributed by atoms with E-state index in [1.54, 1.807) is 11.9 Å². The van der Waals surface area contributed by atoms with Crippen LogP contribution in [0.1, 0.15) is 28.2 Å². The van der Waals surface area contributed by atoms with E-state index in [0.717, 1.165) is 15.6 Å². The van der Waals surface area contributed by atoms with Gasteiger partial charge in [-0.1, -0.05) is 60.1 Å². The van der Waals surface area contributed by atoms with Crippen molar-refractivity contribution >= 4 is 44.9 Å². The van der Waals surface area contributed by atoms with Crippen molar-refractivity contribution < 1.29 is 14.3 Å². The van der Waals surface area contributed by atoms with Crippen molar-refractivity contribution in [2.24, 2.45) is 0 Å². The molecule has 134 valence electrons. The van der Waals surface area contributed by atoms with Gasteiger partial charge in [0.15, 0.2) is 6.61 Å². The molecule has 4 nitrogen and oxygen atoms in total. The Kier molecular flexibility index (Phi) is 5.59. The Morgan fingerprint density at radius 1 is 1.12 bits per heavy atom. The van der Waals surface area contributed by atoms with Gasteiger partial charge in [0.05, 0.1) is 11.1 Å². The molecule has 0 saturated heterocycles. The number of benzene rings is 2. The molecule has 6 heteroatoms. The predicted molar refractivity (Wildman–Crippen MR) is 105 cm³/mol. The maximum absolute atomic E-state index is 12.4. The van der Waals surface area contributed by atoms with E-state index in [9.17, 15) is 9.59 Å². The summed E-state index contributed by atoms with van der Waals surface area (Å²) in [5.41, 5.74) is 1.02. The highest BCUT2D eigenvalue weighted by molar-refractivity contribution is 7.21. The van der Waals surface area contributed by atoms with E-state index in [-0.39, 0.29) is 18.6 Å². The van der Waals surface area contributed by atoms with Gasteiger partial charge < -0.3 is 9.64 Å². The van der Waals surface area contributed by atoms with Crippen LogP contribution in [0.25, 0.3) is 10.1 Å². The number of likely N-dealkylation sites (N-methyl/N-ethyl adjacent to an activating group) is 1. The number of halogens is 1. The number of esters is 1. The smallest absolute Gasteiger partial charge is 0.350 e. The first kappa shape index (κ1) is 18.4. The summed E-state index contributed by atoms with van der Waals surface area (Å²) in [6, 6.07) is 17.1. The predicted octanol–water partition coefficient (Wildman–Crippen LogP) is 4.93. The molecule has 3 aromatic rings. The molecule has 1 heterocycles. The zero-order valence-electron chi connectivity index (χ0n) is 14.4. The van der Waals surface area contributed by atoms with Gasteiger partial charge in [0.25, 0.3) is 5.91 Å².